The average molecular weight is 357 g/mol. The number of nitrogens with zero attached hydrogens (tertiary/aromatic N) is 3. The molecule has 3 heterocycles. The number of hydrogen-bond acceptors (Lipinski definition) is 6. The van der Waals surface area contributed by atoms with Crippen molar-refractivity contribution < 1.29 is 0 Å². The first-order chi connectivity index (χ1) is 12.8. The molecule has 3 atom stereocenters. The van der Waals surface area contributed by atoms with E-state index >= 15 is 0 Å². The van der Waals surface area contributed by atoms with Crippen molar-refractivity contribution >= 4 is 5.82 Å². The Balaban J connectivity index is 1.40. The summed E-state index contributed by atoms with van der Waals surface area (Å²) in [5.41, 5.74) is 9.83. The topological polar surface area (TPSA) is 65.1 Å². The lowest BCUT2D eigenvalue weighted by Crippen LogP contribution is -2.42. The number of rotatable bonds is 4. The number of likely N-dealkylation sites (N-methyl/N-ethyl adjacent to an activating group) is 1. The number of fused-ring (bicyclic) bond motifs is 2. The molecule has 1 saturated heterocycles. The standard InChI is InChI=1S/C20H32N6/c1-26(12-18-14-4-2-3-5-17(14)24-25-18)20-15-8-10-21-11-9-16(15)22-19(23-20)13-6-7-13/h13-14,17-18,21,24-25H,2-12H2,1H3. The molecule has 0 spiro atoms. The molecule has 0 bridgehead atoms. The highest BCUT2D eigenvalue weighted by molar-refractivity contribution is 5.50. The lowest BCUT2D eigenvalue weighted by Gasteiger charge is -2.31. The maximum atomic E-state index is 5.07. The summed E-state index contributed by atoms with van der Waals surface area (Å²) >= 11 is 0. The van der Waals surface area contributed by atoms with Crippen molar-refractivity contribution in [2.45, 2.75) is 69.4 Å². The third kappa shape index (κ3) is 3.23. The first kappa shape index (κ1) is 16.9. The van der Waals surface area contributed by atoms with E-state index < -0.39 is 0 Å². The first-order valence-corrected chi connectivity index (χ1v) is 10.6. The molecule has 2 aliphatic heterocycles. The number of aromatic nitrogens is 2. The third-order valence-electron chi connectivity index (χ3n) is 6.74. The largest absolute Gasteiger partial charge is 0.358 e. The van der Waals surface area contributed by atoms with Gasteiger partial charge in [-0.2, -0.15) is 0 Å². The van der Waals surface area contributed by atoms with Crippen LogP contribution >= 0.6 is 0 Å². The summed E-state index contributed by atoms with van der Waals surface area (Å²) in [5.74, 6) is 3.66. The zero-order chi connectivity index (χ0) is 17.5. The Labute approximate surface area is 156 Å². The first-order valence-electron chi connectivity index (χ1n) is 10.6. The van der Waals surface area contributed by atoms with Gasteiger partial charge in [0.25, 0.3) is 0 Å². The van der Waals surface area contributed by atoms with Gasteiger partial charge in [0.15, 0.2) is 0 Å². The highest BCUT2D eigenvalue weighted by Crippen LogP contribution is 2.40. The van der Waals surface area contributed by atoms with Crippen molar-refractivity contribution in [3.05, 3.63) is 17.1 Å². The van der Waals surface area contributed by atoms with Crippen LogP contribution in [0.5, 0.6) is 0 Å². The van der Waals surface area contributed by atoms with Gasteiger partial charge in [-0.3, -0.25) is 10.9 Å². The molecule has 6 heteroatoms. The van der Waals surface area contributed by atoms with Gasteiger partial charge in [-0.25, -0.2) is 9.97 Å². The van der Waals surface area contributed by atoms with Gasteiger partial charge >= 0.3 is 0 Å². The van der Waals surface area contributed by atoms with E-state index in [9.17, 15) is 0 Å². The van der Waals surface area contributed by atoms with Crippen LogP contribution in [0.15, 0.2) is 0 Å². The van der Waals surface area contributed by atoms with Crippen molar-refractivity contribution in [3.63, 3.8) is 0 Å². The van der Waals surface area contributed by atoms with Crippen LogP contribution in [0, 0.1) is 5.92 Å². The lowest BCUT2D eigenvalue weighted by atomic mass is 9.81. The zero-order valence-corrected chi connectivity index (χ0v) is 15.9. The molecule has 4 aliphatic rings. The molecule has 26 heavy (non-hydrogen) atoms. The van der Waals surface area contributed by atoms with Crippen LogP contribution in [-0.2, 0) is 12.8 Å². The van der Waals surface area contributed by atoms with Crippen molar-refractivity contribution in [2.24, 2.45) is 5.92 Å². The molecular weight excluding hydrogens is 324 g/mol. The molecule has 142 valence electrons. The molecule has 5 rings (SSSR count). The molecule has 1 aromatic rings. The summed E-state index contributed by atoms with van der Waals surface area (Å²) in [7, 11) is 2.23. The second kappa shape index (κ2) is 7.06. The minimum absolute atomic E-state index is 0.518. The van der Waals surface area contributed by atoms with Crippen LogP contribution in [0.2, 0.25) is 0 Å². The van der Waals surface area contributed by atoms with Gasteiger partial charge in [0.2, 0.25) is 0 Å². The molecule has 0 amide bonds. The summed E-state index contributed by atoms with van der Waals surface area (Å²) in [5, 5.41) is 3.53. The van der Waals surface area contributed by atoms with E-state index in [1.54, 1.807) is 0 Å². The molecule has 0 aromatic carbocycles. The Morgan fingerprint density at radius 2 is 1.85 bits per heavy atom. The van der Waals surface area contributed by atoms with Crippen molar-refractivity contribution in [1.82, 2.24) is 26.1 Å². The van der Waals surface area contributed by atoms with Gasteiger partial charge in [-0.1, -0.05) is 12.8 Å². The fourth-order valence-electron chi connectivity index (χ4n) is 5.09. The fourth-order valence-corrected chi connectivity index (χ4v) is 5.09. The van der Waals surface area contributed by atoms with Crippen LogP contribution in [-0.4, -0.2) is 48.7 Å². The smallest absolute Gasteiger partial charge is 0.135 e. The molecule has 3 fully saturated rings. The minimum atomic E-state index is 0.518. The molecular formula is C20H32N6. The Kier molecular flexibility index (Phi) is 4.59. The summed E-state index contributed by atoms with van der Waals surface area (Å²) in [6.07, 6.45) is 10.0. The maximum absolute atomic E-state index is 5.07. The predicted molar refractivity (Wildman–Crippen MR) is 103 cm³/mol. The van der Waals surface area contributed by atoms with Crippen LogP contribution in [0.1, 0.15) is 61.5 Å². The van der Waals surface area contributed by atoms with E-state index in [4.69, 9.17) is 9.97 Å². The van der Waals surface area contributed by atoms with E-state index in [0.717, 1.165) is 44.2 Å². The summed E-state index contributed by atoms with van der Waals surface area (Å²) in [4.78, 5) is 12.5. The van der Waals surface area contributed by atoms with E-state index in [1.165, 1.54) is 55.6 Å². The molecule has 1 aromatic heterocycles. The number of anilines is 1. The number of hydrazine groups is 1. The van der Waals surface area contributed by atoms with Crippen LogP contribution < -0.4 is 21.1 Å². The van der Waals surface area contributed by atoms with Crippen molar-refractivity contribution in [3.8, 4) is 0 Å². The number of nitrogens with one attached hydrogen (secondary N) is 3. The minimum Gasteiger partial charge on any atom is -0.358 e. The Hall–Kier alpha value is -1.24. The monoisotopic (exact) mass is 356 g/mol. The van der Waals surface area contributed by atoms with Gasteiger partial charge in [0.1, 0.15) is 11.6 Å². The molecule has 6 nitrogen and oxygen atoms in total. The average Bonchev–Trinajstić information content (AvgIpc) is 3.46. The van der Waals surface area contributed by atoms with Crippen LogP contribution in [0.25, 0.3) is 0 Å². The zero-order valence-electron chi connectivity index (χ0n) is 15.9. The van der Waals surface area contributed by atoms with Gasteiger partial charge in [0.05, 0.1) is 5.69 Å². The van der Waals surface area contributed by atoms with Crippen molar-refractivity contribution in [2.75, 3.05) is 31.6 Å². The lowest BCUT2D eigenvalue weighted by molar-refractivity contribution is 0.306. The highest BCUT2D eigenvalue weighted by Gasteiger charge is 2.38. The molecule has 2 saturated carbocycles. The predicted octanol–water partition coefficient (Wildman–Crippen LogP) is 1.51. The second-order valence-electron chi connectivity index (χ2n) is 8.69. The summed E-state index contributed by atoms with van der Waals surface area (Å²) in [6, 6.07) is 1.18. The van der Waals surface area contributed by atoms with Crippen LogP contribution in [0.3, 0.4) is 0 Å². The molecule has 3 N–H and O–H groups in total. The fraction of sp³-hybridized carbons (Fsp3) is 0.800. The quantitative estimate of drug-likeness (QED) is 0.760. The third-order valence-corrected chi connectivity index (χ3v) is 6.74. The van der Waals surface area contributed by atoms with Gasteiger partial charge in [-0.05, 0) is 44.6 Å². The summed E-state index contributed by atoms with van der Waals surface area (Å²) in [6.45, 7) is 3.10. The van der Waals surface area contributed by atoms with E-state index in [1.807, 2.05) is 0 Å². The summed E-state index contributed by atoms with van der Waals surface area (Å²) < 4.78 is 0. The number of hydrogen-bond donors (Lipinski definition) is 3. The van der Waals surface area contributed by atoms with Gasteiger partial charge in [-0.15, -0.1) is 0 Å². The van der Waals surface area contributed by atoms with E-state index in [0.29, 0.717) is 18.0 Å². The Morgan fingerprint density at radius 3 is 2.73 bits per heavy atom. The Bertz CT molecular complexity index is 658. The van der Waals surface area contributed by atoms with Crippen LogP contribution in [0.4, 0.5) is 5.82 Å². The van der Waals surface area contributed by atoms with E-state index in [-0.39, 0.29) is 0 Å². The second-order valence-corrected chi connectivity index (χ2v) is 8.69. The van der Waals surface area contributed by atoms with E-state index in [2.05, 4.69) is 28.1 Å². The Morgan fingerprint density at radius 1 is 1.00 bits per heavy atom. The molecule has 3 unspecified atom stereocenters. The normalized spacial score (nSPS) is 31.2. The van der Waals surface area contributed by atoms with Gasteiger partial charge in [0, 0.05) is 50.1 Å². The maximum Gasteiger partial charge on any atom is 0.135 e. The van der Waals surface area contributed by atoms with Crippen molar-refractivity contribution in [1.29, 1.82) is 0 Å². The molecule has 2 aliphatic carbocycles. The molecule has 0 radical (unpaired) electrons. The van der Waals surface area contributed by atoms with Gasteiger partial charge < -0.3 is 10.2 Å². The SMILES string of the molecule is CN(CC1NNC2CCCCC21)c1nc(C2CC2)nc2c1CCNCC2. The highest BCUT2D eigenvalue weighted by atomic mass is 15.4.